The maximum Gasteiger partial charge on any atom is 0.0705 e. The Balaban J connectivity index is 1.14. The first kappa shape index (κ1) is 27.4. The van der Waals surface area contributed by atoms with E-state index in [4.69, 9.17) is 4.98 Å². The Morgan fingerprint density at radius 1 is 0.420 bits per heavy atom. The van der Waals surface area contributed by atoms with Gasteiger partial charge < -0.3 is 4.57 Å². The lowest BCUT2D eigenvalue weighted by molar-refractivity contribution is 1.18. The van der Waals surface area contributed by atoms with Crippen molar-refractivity contribution in [2.45, 2.75) is 6.42 Å². The van der Waals surface area contributed by atoms with Gasteiger partial charge in [-0.15, -0.1) is 0 Å². The summed E-state index contributed by atoms with van der Waals surface area (Å²) >= 11 is 0. The number of fused-ring (bicyclic) bond motifs is 10. The topological polar surface area (TPSA) is 17.8 Å². The summed E-state index contributed by atoms with van der Waals surface area (Å²) < 4.78 is 2.41. The fourth-order valence-electron chi connectivity index (χ4n) is 8.70. The Bertz CT molecular complexity index is 2910. The molecule has 1 aliphatic rings. The van der Waals surface area contributed by atoms with Gasteiger partial charge in [0.25, 0.3) is 0 Å². The maximum absolute atomic E-state index is 4.86. The summed E-state index contributed by atoms with van der Waals surface area (Å²) in [4.78, 5) is 4.86. The molecule has 2 heteroatoms. The van der Waals surface area contributed by atoms with Gasteiger partial charge in [-0.1, -0.05) is 127 Å². The van der Waals surface area contributed by atoms with Crippen molar-refractivity contribution in [2.75, 3.05) is 0 Å². The molecule has 1 aliphatic carbocycles. The molecule has 0 radical (unpaired) electrons. The number of benzene rings is 8. The molecule has 2 nitrogen and oxygen atoms in total. The molecule has 2 aromatic heterocycles. The number of hydrogen-bond acceptors (Lipinski definition) is 1. The molecule has 11 rings (SSSR count). The molecule has 0 saturated heterocycles. The summed E-state index contributed by atoms with van der Waals surface area (Å²) in [7, 11) is 0. The largest absolute Gasteiger partial charge is 0.309 e. The Labute approximate surface area is 289 Å². The Kier molecular flexibility index (Phi) is 5.76. The molecule has 0 unspecified atom stereocenters. The molecular formula is C48H30N2. The summed E-state index contributed by atoms with van der Waals surface area (Å²) in [5, 5.41) is 8.84. The highest BCUT2D eigenvalue weighted by atomic mass is 15.0. The van der Waals surface area contributed by atoms with Gasteiger partial charge in [0.05, 0.1) is 16.6 Å². The van der Waals surface area contributed by atoms with E-state index in [1.807, 2.05) is 0 Å². The van der Waals surface area contributed by atoms with Crippen molar-refractivity contribution in [3.8, 4) is 39.1 Å². The van der Waals surface area contributed by atoms with Crippen LogP contribution in [0.4, 0.5) is 0 Å². The summed E-state index contributed by atoms with van der Waals surface area (Å²) in [5.74, 6) is 0. The first-order valence-electron chi connectivity index (χ1n) is 17.3. The number of hydrogen-bond donors (Lipinski definition) is 0. The number of aromatic nitrogens is 2. The van der Waals surface area contributed by atoms with Crippen LogP contribution in [0.5, 0.6) is 0 Å². The fourth-order valence-corrected chi connectivity index (χ4v) is 8.70. The number of nitrogens with zero attached hydrogens (tertiary/aromatic N) is 2. The first-order chi connectivity index (χ1) is 24.8. The zero-order chi connectivity index (χ0) is 32.8. The standard InChI is InChI=1S/C48H30N2/c1-3-19-39-37(17-1)47(31-12-11-13-33(26-31)50-45-22-9-6-15-35(45)36-16-7-10-23-46(36)50)38-18-2-4-20-40(38)48(39)32-25-24-30-27-42-34-14-5-8-21-44(34)49-29-43(42)41(30)28-32/h1-26,28-29H,27H2. The van der Waals surface area contributed by atoms with E-state index in [2.05, 4.69) is 175 Å². The van der Waals surface area contributed by atoms with E-state index in [0.717, 1.165) is 17.6 Å². The summed E-state index contributed by atoms with van der Waals surface area (Å²) in [6.45, 7) is 0. The second-order valence-corrected chi connectivity index (χ2v) is 13.5. The third-order valence-corrected chi connectivity index (χ3v) is 10.8. The molecule has 232 valence electrons. The minimum atomic E-state index is 0.941. The number of pyridine rings is 1. The van der Waals surface area contributed by atoms with E-state index in [1.165, 1.54) is 93.2 Å². The molecule has 0 aliphatic heterocycles. The predicted octanol–water partition coefficient (Wildman–Crippen LogP) is 12.5. The van der Waals surface area contributed by atoms with E-state index in [-0.39, 0.29) is 0 Å². The smallest absolute Gasteiger partial charge is 0.0705 e. The molecule has 0 bridgehead atoms. The first-order valence-corrected chi connectivity index (χ1v) is 17.3. The van der Waals surface area contributed by atoms with Crippen molar-refractivity contribution < 1.29 is 0 Å². The molecule has 10 aromatic rings. The van der Waals surface area contributed by atoms with Crippen LogP contribution in [-0.4, -0.2) is 9.55 Å². The van der Waals surface area contributed by atoms with Gasteiger partial charge in [0.15, 0.2) is 0 Å². The summed E-state index contributed by atoms with van der Waals surface area (Å²) in [6, 6.07) is 60.1. The Hall–Kier alpha value is -6.51. The van der Waals surface area contributed by atoms with Crippen molar-refractivity contribution in [1.82, 2.24) is 9.55 Å². The third-order valence-electron chi connectivity index (χ3n) is 10.8. The maximum atomic E-state index is 4.86. The van der Waals surface area contributed by atoms with Crippen molar-refractivity contribution in [3.63, 3.8) is 0 Å². The highest BCUT2D eigenvalue weighted by Gasteiger charge is 2.24. The fraction of sp³-hybridized carbons (Fsp3) is 0.0208. The highest BCUT2D eigenvalue weighted by Crippen LogP contribution is 2.47. The molecule has 0 amide bonds. The van der Waals surface area contributed by atoms with E-state index < -0.39 is 0 Å². The van der Waals surface area contributed by atoms with Crippen molar-refractivity contribution in [3.05, 3.63) is 181 Å². The zero-order valence-corrected chi connectivity index (χ0v) is 27.3. The molecule has 50 heavy (non-hydrogen) atoms. The molecular weight excluding hydrogens is 605 g/mol. The van der Waals surface area contributed by atoms with Gasteiger partial charge in [0.2, 0.25) is 0 Å². The molecule has 8 aromatic carbocycles. The van der Waals surface area contributed by atoms with E-state index >= 15 is 0 Å². The van der Waals surface area contributed by atoms with Crippen LogP contribution in [0.2, 0.25) is 0 Å². The van der Waals surface area contributed by atoms with Gasteiger partial charge in [-0.2, -0.15) is 0 Å². The van der Waals surface area contributed by atoms with E-state index in [9.17, 15) is 0 Å². The van der Waals surface area contributed by atoms with Crippen LogP contribution in [0.1, 0.15) is 11.1 Å². The zero-order valence-electron chi connectivity index (χ0n) is 27.3. The van der Waals surface area contributed by atoms with Crippen molar-refractivity contribution >= 4 is 54.3 Å². The average Bonchev–Trinajstić information content (AvgIpc) is 3.73. The van der Waals surface area contributed by atoms with Crippen LogP contribution in [0.25, 0.3) is 93.3 Å². The molecule has 0 N–H and O–H groups in total. The second-order valence-electron chi connectivity index (χ2n) is 13.5. The van der Waals surface area contributed by atoms with Gasteiger partial charge in [-0.25, -0.2) is 0 Å². The van der Waals surface area contributed by atoms with Gasteiger partial charge in [0, 0.05) is 33.6 Å². The van der Waals surface area contributed by atoms with Gasteiger partial charge in [-0.05, 0) is 103 Å². The summed E-state index contributed by atoms with van der Waals surface area (Å²) in [5.41, 5.74) is 15.0. The molecule has 0 fully saturated rings. The van der Waals surface area contributed by atoms with Gasteiger partial charge in [-0.3, -0.25) is 4.98 Å². The van der Waals surface area contributed by atoms with E-state index in [1.54, 1.807) is 0 Å². The molecule has 0 spiro atoms. The van der Waals surface area contributed by atoms with Crippen LogP contribution >= 0.6 is 0 Å². The Morgan fingerprint density at radius 3 is 1.60 bits per heavy atom. The van der Waals surface area contributed by atoms with E-state index in [0.29, 0.717) is 0 Å². The minimum absolute atomic E-state index is 0.941. The lowest BCUT2D eigenvalue weighted by atomic mass is 9.85. The number of para-hydroxylation sites is 3. The van der Waals surface area contributed by atoms with Crippen LogP contribution in [0.15, 0.2) is 170 Å². The monoisotopic (exact) mass is 634 g/mol. The van der Waals surface area contributed by atoms with Crippen LogP contribution < -0.4 is 0 Å². The Morgan fingerprint density at radius 2 is 0.960 bits per heavy atom. The predicted molar refractivity (Wildman–Crippen MR) is 210 cm³/mol. The molecule has 0 atom stereocenters. The lowest BCUT2D eigenvalue weighted by Crippen LogP contribution is -1.95. The minimum Gasteiger partial charge on any atom is -0.309 e. The van der Waals surface area contributed by atoms with Gasteiger partial charge in [0.1, 0.15) is 0 Å². The van der Waals surface area contributed by atoms with Crippen LogP contribution in [0.3, 0.4) is 0 Å². The van der Waals surface area contributed by atoms with Crippen molar-refractivity contribution in [2.24, 2.45) is 0 Å². The normalized spacial score (nSPS) is 12.3. The van der Waals surface area contributed by atoms with Crippen LogP contribution in [0, 0.1) is 0 Å². The molecule has 0 saturated carbocycles. The highest BCUT2D eigenvalue weighted by molar-refractivity contribution is 6.21. The van der Waals surface area contributed by atoms with Gasteiger partial charge >= 0.3 is 0 Å². The molecule has 2 heterocycles. The summed E-state index contributed by atoms with van der Waals surface area (Å²) in [6.07, 6.45) is 3.02. The second kappa shape index (κ2) is 10.5. The lowest BCUT2D eigenvalue weighted by Gasteiger charge is -2.19. The van der Waals surface area contributed by atoms with Crippen LogP contribution in [-0.2, 0) is 6.42 Å². The quantitative estimate of drug-likeness (QED) is 0.177. The SMILES string of the molecule is c1cc(-c2c3ccccc3c(-c3ccc4c(c3)-c3cnc5ccccc5c3C4)c3ccccc23)cc(-n2c3ccccc3c3ccccc32)c1. The third kappa shape index (κ3) is 3.88. The van der Waals surface area contributed by atoms with Crippen molar-refractivity contribution in [1.29, 1.82) is 0 Å². The number of rotatable bonds is 3. The average molecular weight is 635 g/mol.